The minimum Gasteiger partial charge on any atom is -0.497 e. The van der Waals surface area contributed by atoms with Crippen LogP contribution in [0.15, 0.2) is 24.3 Å². The monoisotopic (exact) mass is 276 g/mol. The zero-order valence-electron chi connectivity index (χ0n) is 12.0. The normalized spacial score (nSPS) is 15.1. The number of rotatable bonds is 3. The molecular formula is C15H20N2O3. The van der Waals surface area contributed by atoms with E-state index in [-0.39, 0.29) is 11.8 Å². The topological polar surface area (TPSA) is 49.9 Å². The number of hydrogen-bond acceptors (Lipinski definition) is 3. The van der Waals surface area contributed by atoms with Crippen molar-refractivity contribution in [3.05, 3.63) is 29.8 Å². The average Bonchev–Trinajstić information content (AvgIpc) is 2.53. The van der Waals surface area contributed by atoms with Crippen LogP contribution < -0.4 is 4.74 Å². The van der Waals surface area contributed by atoms with Crippen molar-refractivity contribution in [1.82, 2.24) is 9.80 Å². The Hall–Kier alpha value is -2.04. The number of benzene rings is 1. The van der Waals surface area contributed by atoms with Gasteiger partial charge in [0.1, 0.15) is 5.75 Å². The zero-order valence-corrected chi connectivity index (χ0v) is 12.0. The van der Waals surface area contributed by atoms with Crippen molar-refractivity contribution in [2.24, 2.45) is 0 Å². The molecule has 5 heteroatoms. The number of carbonyl (C=O) groups is 2. The van der Waals surface area contributed by atoms with E-state index in [4.69, 9.17) is 4.74 Å². The standard InChI is InChI=1S/C15H20N2O3/c1-3-14(18)16-7-9-17(10-8-16)15(19)12-5-4-6-13(11-12)20-2/h4-6,11H,3,7-10H2,1-2H3. The van der Waals surface area contributed by atoms with Crippen LogP contribution in [0.25, 0.3) is 0 Å². The Labute approximate surface area is 119 Å². The molecule has 0 atom stereocenters. The molecule has 108 valence electrons. The van der Waals surface area contributed by atoms with Gasteiger partial charge in [-0.2, -0.15) is 0 Å². The van der Waals surface area contributed by atoms with Crippen molar-refractivity contribution in [1.29, 1.82) is 0 Å². The summed E-state index contributed by atoms with van der Waals surface area (Å²) >= 11 is 0. The highest BCUT2D eigenvalue weighted by Gasteiger charge is 2.24. The summed E-state index contributed by atoms with van der Waals surface area (Å²) in [6.07, 6.45) is 0.518. The summed E-state index contributed by atoms with van der Waals surface area (Å²) in [5.74, 6) is 0.821. The molecule has 1 heterocycles. The van der Waals surface area contributed by atoms with Gasteiger partial charge in [0.25, 0.3) is 5.91 Å². The minimum absolute atomic E-state index is 0.00695. The third-order valence-corrected chi connectivity index (χ3v) is 3.54. The van der Waals surface area contributed by atoms with E-state index in [1.54, 1.807) is 24.1 Å². The first-order valence-electron chi connectivity index (χ1n) is 6.86. The van der Waals surface area contributed by atoms with Crippen molar-refractivity contribution in [3.8, 4) is 5.75 Å². The van der Waals surface area contributed by atoms with Crippen LogP contribution in [-0.4, -0.2) is 54.9 Å². The van der Waals surface area contributed by atoms with Gasteiger partial charge in [0.15, 0.2) is 0 Å². The van der Waals surface area contributed by atoms with E-state index >= 15 is 0 Å². The van der Waals surface area contributed by atoms with Gasteiger partial charge in [0, 0.05) is 38.2 Å². The average molecular weight is 276 g/mol. The lowest BCUT2D eigenvalue weighted by Crippen LogP contribution is -2.50. The molecule has 2 amide bonds. The molecule has 20 heavy (non-hydrogen) atoms. The largest absolute Gasteiger partial charge is 0.497 e. The first-order valence-corrected chi connectivity index (χ1v) is 6.86. The Morgan fingerprint density at radius 2 is 1.80 bits per heavy atom. The molecule has 2 rings (SSSR count). The number of piperazine rings is 1. The van der Waals surface area contributed by atoms with E-state index in [2.05, 4.69) is 0 Å². The zero-order chi connectivity index (χ0) is 14.5. The summed E-state index contributed by atoms with van der Waals surface area (Å²) in [6.45, 7) is 4.25. The highest BCUT2D eigenvalue weighted by molar-refractivity contribution is 5.94. The van der Waals surface area contributed by atoms with Gasteiger partial charge in [-0.05, 0) is 18.2 Å². The second kappa shape index (κ2) is 6.41. The van der Waals surface area contributed by atoms with Crippen molar-refractivity contribution in [2.75, 3.05) is 33.3 Å². The quantitative estimate of drug-likeness (QED) is 0.838. The Morgan fingerprint density at radius 3 is 2.40 bits per heavy atom. The molecule has 0 spiro atoms. The minimum atomic E-state index is -0.00695. The lowest BCUT2D eigenvalue weighted by Gasteiger charge is -2.34. The predicted octanol–water partition coefficient (Wildman–Crippen LogP) is 1.39. The SMILES string of the molecule is CCC(=O)N1CCN(C(=O)c2cccc(OC)c2)CC1. The van der Waals surface area contributed by atoms with Crippen molar-refractivity contribution < 1.29 is 14.3 Å². The van der Waals surface area contributed by atoms with Gasteiger partial charge in [0.05, 0.1) is 7.11 Å². The van der Waals surface area contributed by atoms with E-state index in [0.29, 0.717) is 43.9 Å². The van der Waals surface area contributed by atoms with Gasteiger partial charge in [-0.25, -0.2) is 0 Å². The fourth-order valence-corrected chi connectivity index (χ4v) is 2.32. The number of ether oxygens (including phenoxy) is 1. The van der Waals surface area contributed by atoms with Gasteiger partial charge in [-0.1, -0.05) is 13.0 Å². The predicted molar refractivity (Wildman–Crippen MR) is 75.8 cm³/mol. The van der Waals surface area contributed by atoms with E-state index in [1.165, 1.54) is 0 Å². The molecule has 5 nitrogen and oxygen atoms in total. The van der Waals surface area contributed by atoms with E-state index < -0.39 is 0 Å². The summed E-state index contributed by atoms with van der Waals surface area (Å²) in [7, 11) is 1.58. The van der Waals surface area contributed by atoms with Gasteiger partial charge < -0.3 is 14.5 Å². The maximum atomic E-state index is 12.4. The summed E-state index contributed by atoms with van der Waals surface area (Å²) in [5, 5.41) is 0. The molecule has 0 bridgehead atoms. The molecule has 0 unspecified atom stereocenters. The van der Waals surface area contributed by atoms with Gasteiger partial charge in [-0.3, -0.25) is 9.59 Å². The summed E-state index contributed by atoms with van der Waals surface area (Å²) in [5.41, 5.74) is 0.625. The highest BCUT2D eigenvalue weighted by atomic mass is 16.5. The van der Waals surface area contributed by atoms with Crippen LogP contribution in [0.3, 0.4) is 0 Å². The van der Waals surface area contributed by atoms with Crippen molar-refractivity contribution in [3.63, 3.8) is 0 Å². The molecule has 1 aliphatic heterocycles. The molecule has 1 fully saturated rings. The van der Waals surface area contributed by atoms with E-state index in [0.717, 1.165) is 0 Å². The molecule has 0 saturated carbocycles. The van der Waals surface area contributed by atoms with Crippen molar-refractivity contribution >= 4 is 11.8 Å². The highest BCUT2D eigenvalue weighted by Crippen LogP contribution is 2.15. The molecule has 0 aliphatic carbocycles. The first kappa shape index (κ1) is 14.4. The second-order valence-electron chi connectivity index (χ2n) is 4.76. The Kier molecular flexibility index (Phi) is 4.61. The second-order valence-corrected chi connectivity index (χ2v) is 4.76. The van der Waals surface area contributed by atoms with Gasteiger partial charge in [-0.15, -0.1) is 0 Å². The molecule has 0 N–H and O–H groups in total. The third kappa shape index (κ3) is 3.10. The van der Waals surface area contributed by atoms with Crippen LogP contribution in [0.5, 0.6) is 5.75 Å². The molecule has 0 radical (unpaired) electrons. The number of carbonyl (C=O) groups excluding carboxylic acids is 2. The lowest BCUT2D eigenvalue weighted by molar-refractivity contribution is -0.132. The smallest absolute Gasteiger partial charge is 0.254 e. The fraction of sp³-hybridized carbons (Fsp3) is 0.467. The number of nitrogens with zero attached hydrogens (tertiary/aromatic N) is 2. The van der Waals surface area contributed by atoms with E-state index in [9.17, 15) is 9.59 Å². The van der Waals surface area contributed by atoms with Crippen LogP contribution >= 0.6 is 0 Å². The summed E-state index contributed by atoms with van der Waals surface area (Å²) in [4.78, 5) is 27.6. The van der Waals surface area contributed by atoms with Crippen molar-refractivity contribution in [2.45, 2.75) is 13.3 Å². The van der Waals surface area contributed by atoms with Crippen LogP contribution in [0.1, 0.15) is 23.7 Å². The summed E-state index contributed by atoms with van der Waals surface area (Å²) in [6, 6.07) is 7.15. The molecular weight excluding hydrogens is 256 g/mol. The van der Waals surface area contributed by atoms with Crippen LogP contribution in [0.4, 0.5) is 0 Å². The molecule has 1 aromatic carbocycles. The molecule has 1 saturated heterocycles. The van der Waals surface area contributed by atoms with Crippen LogP contribution in [-0.2, 0) is 4.79 Å². The third-order valence-electron chi connectivity index (χ3n) is 3.54. The molecule has 1 aromatic rings. The Bertz CT molecular complexity index is 494. The van der Waals surface area contributed by atoms with Crippen LogP contribution in [0.2, 0.25) is 0 Å². The van der Waals surface area contributed by atoms with E-state index in [1.807, 2.05) is 24.0 Å². The fourth-order valence-electron chi connectivity index (χ4n) is 2.32. The maximum absolute atomic E-state index is 12.4. The molecule has 1 aliphatic rings. The Morgan fingerprint density at radius 1 is 1.15 bits per heavy atom. The number of hydrogen-bond donors (Lipinski definition) is 0. The maximum Gasteiger partial charge on any atom is 0.254 e. The van der Waals surface area contributed by atoms with Gasteiger partial charge >= 0.3 is 0 Å². The van der Waals surface area contributed by atoms with Gasteiger partial charge in [0.2, 0.25) is 5.91 Å². The van der Waals surface area contributed by atoms with Crippen LogP contribution in [0, 0.1) is 0 Å². The first-order chi connectivity index (χ1) is 9.65. The molecule has 0 aromatic heterocycles. The lowest BCUT2D eigenvalue weighted by atomic mass is 10.1. The Balaban J connectivity index is 1.99. The number of methoxy groups -OCH3 is 1. The number of amides is 2. The summed E-state index contributed by atoms with van der Waals surface area (Å²) < 4.78 is 5.13.